The van der Waals surface area contributed by atoms with Crippen LogP contribution in [0.4, 0.5) is 0 Å². The Morgan fingerprint density at radius 1 is 1.23 bits per heavy atom. The van der Waals surface area contributed by atoms with E-state index in [0.29, 0.717) is 6.54 Å². The lowest BCUT2D eigenvalue weighted by atomic mass is 9.69. The topological polar surface area (TPSA) is 35.6 Å². The Bertz CT molecular complexity index is 535. The Hall–Kier alpha value is -1.39. The average molecular weight is 301 g/mol. The molecular formula is C18H27N3O. The van der Waals surface area contributed by atoms with E-state index < -0.39 is 0 Å². The van der Waals surface area contributed by atoms with E-state index in [1.807, 2.05) is 0 Å². The molecule has 0 radical (unpaired) electrons. The van der Waals surface area contributed by atoms with Crippen LogP contribution < -0.4 is 5.32 Å². The first-order valence-electron chi connectivity index (χ1n) is 8.40. The van der Waals surface area contributed by atoms with Crippen molar-refractivity contribution in [3.63, 3.8) is 0 Å². The Balaban J connectivity index is 1.78. The van der Waals surface area contributed by atoms with Gasteiger partial charge in [0.15, 0.2) is 0 Å². The minimum atomic E-state index is 0.121. The fourth-order valence-electron chi connectivity index (χ4n) is 4.06. The Morgan fingerprint density at radius 3 is 2.64 bits per heavy atom. The molecule has 0 unspecified atom stereocenters. The molecule has 0 aliphatic carbocycles. The zero-order chi connectivity index (χ0) is 15.6. The van der Waals surface area contributed by atoms with E-state index in [-0.39, 0.29) is 11.3 Å². The van der Waals surface area contributed by atoms with Gasteiger partial charge in [0.05, 0.1) is 6.54 Å². The van der Waals surface area contributed by atoms with Crippen LogP contribution in [0.25, 0.3) is 0 Å². The molecule has 1 aromatic carbocycles. The van der Waals surface area contributed by atoms with Gasteiger partial charge >= 0.3 is 0 Å². The van der Waals surface area contributed by atoms with Crippen LogP contribution in [-0.4, -0.2) is 55.5 Å². The second-order valence-electron chi connectivity index (χ2n) is 6.69. The van der Waals surface area contributed by atoms with Gasteiger partial charge < -0.3 is 5.32 Å². The predicted molar refractivity (Wildman–Crippen MR) is 88.8 cm³/mol. The summed E-state index contributed by atoms with van der Waals surface area (Å²) in [6.45, 7) is 8.16. The number of likely N-dealkylation sites (tertiary alicyclic amines) is 1. The molecule has 1 N–H and O–H groups in total. The molecule has 2 aliphatic rings. The largest absolute Gasteiger partial charge is 0.358 e. The van der Waals surface area contributed by atoms with Crippen LogP contribution in [0.3, 0.4) is 0 Å². The summed E-state index contributed by atoms with van der Waals surface area (Å²) < 4.78 is 0. The van der Waals surface area contributed by atoms with E-state index in [1.165, 1.54) is 5.56 Å². The standard InChI is InChI=1S/C18H27N3O/c1-3-20-12-15-6-4-5-7-16(15)18(14-20)8-10-21(11-9-18)13-17(22)19-2/h4-7H,3,8-14H2,1-2H3,(H,19,22). The molecular weight excluding hydrogens is 274 g/mol. The SMILES string of the molecule is CCN1Cc2ccccc2C2(CCN(CC(=O)NC)CC2)C1. The van der Waals surface area contributed by atoms with Crippen LogP contribution in [0.2, 0.25) is 0 Å². The monoisotopic (exact) mass is 301 g/mol. The van der Waals surface area contributed by atoms with E-state index in [0.717, 1.165) is 45.6 Å². The third-order valence-corrected chi connectivity index (χ3v) is 5.42. The number of benzene rings is 1. The van der Waals surface area contributed by atoms with Crippen molar-refractivity contribution in [2.45, 2.75) is 31.7 Å². The maximum atomic E-state index is 11.6. The van der Waals surface area contributed by atoms with Crippen LogP contribution in [0.15, 0.2) is 24.3 Å². The highest BCUT2D eigenvalue weighted by Crippen LogP contribution is 2.41. The zero-order valence-electron chi connectivity index (χ0n) is 13.8. The number of amides is 1. The normalized spacial score (nSPS) is 21.5. The van der Waals surface area contributed by atoms with Crippen molar-refractivity contribution < 1.29 is 4.79 Å². The number of fused-ring (bicyclic) bond motifs is 2. The first kappa shape index (κ1) is 15.5. The molecule has 0 atom stereocenters. The minimum Gasteiger partial charge on any atom is -0.358 e. The zero-order valence-corrected chi connectivity index (χ0v) is 13.8. The minimum absolute atomic E-state index is 0.121. The summed E-state index contributed by atoms with van der Waals surface area (Å²) in [6, 6.07) is 8.96. The Kier molecular flexibility index (Phi) is 4.50. The number of carbonyl (C=O) groups is 1. The first-order chi connectivity index (χ1) is 10.7. The number of carbonyl (C=O) groups excluding carboxylic acids is 1. The molecule has 1 aromatic rings. The van der Waals surface area contributed by atoms with Gasteiger partial charge in [0.2, 0.25) is 5.91 Å². The molecule has 0 saturated carbocycles. The molecule has 4 heteroatoms. The van der Waals surface area contributed by atoms with E-state index in [9.17, 15) is 4.79 Å². The van der Waals surface area contributed by atoms with Gasteiger partial charge in [0, 0.05) is 25.6 Å². The van der Waals surface area contributed by atoms with Crippen molar-refractivity contribution in [2.75, 3.05) is 39.8 Å². The highest BCUT2D eigenvalue weighted by molar-refractivity contribution is 5.77. The summed E-state index contributed by atoms with van der Waals surface area (Å²) in [4.78, 5) is 16.4. The maximum absolute atomic E-state index is 11.6. The van der Waals surface area contributed by atoms with Gasteiger partial charge in [-0.3, -0.25) is 14.6 Å². The molecule has 1 amide bonds. The molecule has 22 heavy (non-hydrogen) atoms. The third-order valence-electron chi connectivity index (χ3n) is 5.42. The van der Waals surface area contributed by atoms with Gasteiger partial charge in [0.25, 0.3) is 0 Å². The van der Waals surface area contributed by atoms with E-state index in [4.69, 9.17) is 0 Å². The lowest BCUT2D eigenvalue weighted by molar-refractivity contribution is -0.122. The number of nitrogens with zero attached hydrogens (tertiary/aromatic N) is 2. The molecule has 3 rings (SSSR count). The lowest BCUT2D eigenvalue weighted by Gasteiger charge is -2.48. The summed E-state index contributed by atoms with van der Waals surface area (Å²) in [7, 11) is 1.71. The quantitative estimate of drug-likeness (QED) is 0.921. The first-order valence-corrected chi connectivity index (χ1v) is 8.40. The number of rotatable bonds is 3. The van der Waals surface area contributed by atoms with Gasteiger partial charge in [-0.2, -0.15) is 0 Å². The van der Waals surface area contributed by atoms with Gasteiger partial charge in [-0.25, -0.2) is 0 Å². The second kappa shape index (κ2) is 6.39. The summed E-state index contributed by atoms with van der Waals surface area (Å²) >= 11 is 0. The molecule has 0 aromatic heterocycles. The highest BCUT2D eigenvalue weighted by atomic mass is 16.1. The van der Waals surface area contributed by atoms with Crippen molar-refractivity contribution in [2.24, 2.45) is 0 Å². The van der Waals surface area contributed by atoms with Crippen LogP contribution in [0.5, 0.6) is 0 Å². The van der Waals surface area contributed by atoms with E-state index >= 15 is 0 Å². The van der Waals surface area contributed by atoms with Crippen molar-refractivity contribution in [3.05, 3.63) is 35.4 Å². The molecule has 120 valence electrons. The number of piperidine rings is 1. The predicted octanol–water partition coefficient (Wildman–Crippen LogP) is 1.60. The molecule has 1 fully saturated rings. The number of hydrogen-bond donors (Lipinski definition) is 1. The fraction of sp³-hybridized carbons (Fsp3) is 0.611. The summed E-state index contributed by atoms with van der Waals surface area (Å²) in [5, 5.41) is 2.73. The van der Waals surface area contributed by atoms with Crippen molar-refractivity contribution in [1.29, 1.82) is 0 Å². The molecule has 1 spiro atoms. The smallest absolute Gasteiger partial charge is 0.233 e. The van der Waals surface area contributed by atoms with Gasteiger partial charge in [-0.05, 0) is 43.6 Å². The van der Waals surface area contributed by atoms with Crippen molar-refractivity contribution >= 4 is 5.91 Å². The Morgan fingerprint density at radius 2 is 1.95 bits per heavy atom. The highest BCUT2D eigenvalue weighted by Gasteiger charge is 2.41. The van der Waals surface area contributed by atoms with Crippen molar-refractivity contribution in [3.8, 4) is 0 Å². The van der Waals surface area contributed by atoms with Gasteiger partial charge in [0.1, 0.15) is 0 Å². The summed E-state index contributed by atoms with van der Waals surface area (Å²) in [5.74, 6) is 0.121. The maximum Gasteiger partial charge on any atom is 0.233 e. The van der Waals surface area contributed by atoms with Gasteiger partial charge in [-0.1, -0.05) is 31.2 Å². The van der Waals surface area contributed by atoms with Crippen LogP contribution in [0.1, 0.15) is 30.9 Å². The van der Waals surface area contributed by atoms with Crippen LogP contribution in [0, 0.1) is 0 Å². The molecule has 2 aliphatic heterocycles. The third kappa shape index (κ3) is 2.90. The van der Waals surface area contributed by atoms with Crippen LogP contribution in [-0.2, 0) is 16.8 Å². The molecule has 2 heterocycles. The Labute approximate surface area is 133 Å². The molecule has 1 saturated heterocycles. The van der Waals surface area contributed by atoms with Crippen molar-refractivity contribution in [1.82, 2.24) is 15.1 Å². The molecule has 4 nitrogen and oxygen atoms in total. The van der Waals surface area contributed by atoms with Crippen LogP contribution >= 0.6 is 0 Å². The lowest BCUT2D eigenvalue weighted by Crippen LogP contribution is -2.53. The number of likely N-dealkylation sites (N-methyl/N-ethyl adjacent to an activating group) is 2. The number of hydrogen-bond acceptors (Lipinski definition) is 3. The van der Waals surface area contributed by atoms with E-state index in [2.05, 4.69) is 46.3 Å². The number of nitrogens with one attached hydrogen (secondary N) is 1. The fourth-order valence-corrected chi connectivity index (χ4v) is 4.06. The van der Waals surface area contributed by atoms with E-state index in [1.54, 1.807) is 12.6 Å². The summed E-state index contributed by atoms with van der Waals surface area (Å²) in [5.41, 5.74) is 3.33. The second-order valence-corrected chi connectivity index (χ2v) is 6.69. The van der Waals surface area contributed by atoms with Gasteiger partial charge in [-0.15, -0.1) is 0 Å². The summed E-state index contributed by atoms with van der Waals surface area (Å²) in [6.07, 6.45) is 2.30. The molecule has 0 bridgehead atoms. The average Bonchev–Trinajstić information content (AvgIpc) is 2.57.